The molecule has 0 radical (unpaired) electrons. The summed E-state index contributed by atoms with van der Waals surface area (Å²) in [5.74, 6) is -0.488. The monoisotopic (exact) mass is 223 g/mol. The van der Waals surface area contributed by atoms with E-state index in [2.05, 4.69) is 11.0 Å². The minimum absolute atomic E-state index is 0.330. The van der Waals surface area contributed by atoms with Gasteiger partial charge in [-0.05, 0) is 6.92 Å². The smallest absolute Gasteiger partial charge is 0.241 e. The van der Waals surface area contributed by atoms with Gasteiger partial charge in [0.05, 0.1) is 25.7 Å². The van der Waals surface area contributed by atoms with Crippen LogP contribution in [-0.2, 0) is 9.53 Å². The van der Waals surface area contributed by atoms with E-state index in [-0.39, 0.29) is 0 Å². The average Bonchev–Trinajstić information content (AvgIpc) is 2.28. The molecule has 5 nitrogen and oxygen atoms in total. The normalized spacial score (nSPS) is 21.5. The summed E-state index contributed by atoms with van der Waals surface area (Å²) in [6.07, 6.45) is 3.37. The van der Waals surface area contributed by atoms with Crippen molar-refractivity contribution in [1.29, 1.82) is 5.26 Å². The van der Waals surface area contributed by atoms with Crippen molar-refractivity contribution in [1.82, 2.24) is 4.90 Å². The lowest BCUT2D eigenvalue weighted by molar-refractivity contribution is -0.113. The lowest BCUT2D eigenvalue weighted by atomic mass is 9.94. The van der Waals surface area contributed by atoms with Crippen molar-refractivity contribution in [3.63, 3.8) is 0 Å². The van der Waals surface area contributed by atoms with Gasteiger partial charge in [0.2, 0.25) is 5.91 Å². The van der Waals surface area contributed by atoms with E-state index in [0.29, 0.717) is 19.6 Å². The maximum atomic E-state index is 10.7. The molecule has 0 bridgehead atoms. The fourth-order valence-corrected chi connectivity index (χ4v) is 1.77. The average molecular weight is 223 g/mol. The standard InChI is InChI=1S/C11H17N3O2/c1-11(4-5-12,3-2-10(13)15)14-6-8-16-9-7-14/h2-3H,4,6-9H2,1H3,(H2,13,15). The molecule has 5 heteroatoms. The maximum absolute atomic E-state index is 10.7. The number of hydrogen-bond donors (Lipinski definition) is 1. The van der Waals surface area contributed by atoms with E-state index < -0.39 is 11.4 Å². The number of nitrogens with two attached hydrogens (primary N) is 1. The fraction of sp³-hybridized carbons (Fsp3) is 0.636. The molecule has 2 N–H and O–H groups in total. The van der Waals surface area contributed by atoms with Gasteiger partial charge in [-0.15, -0.1) is 0 Å². The molecule has 1 fully saturated rings. The third-order valence-corrected chi connectivity index (χ3v) is 2.78. The SMILES string of the molecule is CC(C=CC(N)=O)(CC#N)N1CCOCC1. The molecular weight excluding hydrogens is 206 g/mol. The van der Waals surface area contributed by atoms with Crippen molar-refractivity contribution in [3.05, 3.63) is 12.2 Å². The molecule has 0 spiro atoms. The largest absolute Gasteiger partial charge is 0.379 e. The number of nitrogens with zero attached hydrogens (tertiary/aromatic N) is 2. The van der Waals surface area contributed by atoms with Crippen LogP contribution in [-0.4, -0.2) is 42.6 Å². The van der Waals surface area contributed by atoms with Crippen molar-refractivity contribution >= 4 is 5.91 Å². The molecule has 1 amide bonds. The van der Waals surface area contributed by atoms with Gasteiger partial charge in [-0.25, -0.2) is 0 Å². The Balaban J connectivity index is 2.77. The van der Waals surface area contributed by atoms with E-state index in [0.717, 1.165) is 13.1 Å². The number of carbonyl (C=O) groups excluding carboxylic acids is 1. The molecule has 1 atom stereocenters. The summed E-state index contributed by atoms with van der Waals surface area (Å²) in [6, 6.07) is 2.14. The van der Waals surface area contributed by atoms with Crippen molar-refractivity contribution in [2.45, 2.75) is 18.9 Å². The molecule has 1 aliphatic rings. The van der Waals surface area contributed by atoms with Gasteiger partial charge in [0.25, 0.3) is 0 Å². The van der Waals surface area contributed by atoms with Gasteiger partial charge in [0.15, 0.2) is 0 Å². The zero-order valence-corrected chi connectivity index (χ0v) is 9.48. The van der Waals surface area contributed by atoms with Crippen molar-refractivity contribution in [2.24, 2.45) is 5.73 Å². The first-order valence-corrected chi connectivity index (χ1v) is 5.27. The number of nitriles is 1. The van der Waals surface area contributed by atoms with Gasteiger partial charge in [-0.3, -0.25) is 9.69 Å². The van der Waals surface area contributed by atoms with E-state index >= 15 is 0 Å². The number of morpholine rings is 1. The molecule has 0 aromatic rings. The molecule has 0 saturated carbocycles. The van der Waals surface area contributed by atoms with Crippen LogP contribution in [0.3, 0.4) is 0 Å². The summed E-state index contributed by atoms with van der Waals surface area (Å²) >= 11 is 0. The molecule has 0 aliphatic carbocycles. The highest BCUT2D eigenvalue weighted by molar-refractivity contribution is 5.85. The van der Waals surface area contributed by atoms with Crippen LogP contribution in [0, 0.1) is 11.3 Å². The van der Waals surface area contributed by atoms with Crippen LogP contribution in [0.4, 0.5) is 0 Å². The zero-order chi connectivity index (χ0) is 12.0. The fourth-order valence-electron chi connectivity index (χ4n) is 1.77. The number of ether oxygens (including phenoxy) is 1. The van der Waals surface area contributed by atoms with E-state index in [1.54, 1.807) is 6.08 Å². The topological polar surface area (TPSA) is 79.3 Å². The highest BCUT2D eigenvalue weighted by Gasteiger charge is 2.30. The number of hydrogen-bond acceptors (Lipinski definition) is 4. The third kappa shape index (κ3) is 3.33. The quantitative estimate of drug-likeness (QED) is 0.682. The number of amides is 1. The Morgan fingerprint density at radius 1 is 1.62 bits per heavy atom. The van der Waals surface area contributed by atoms with Gasteiger partial charge in [0.1, 0.15) is 0 Å². The Hall–Kier alpha value is -1.38. The third-order valence-electron chi connectivity index (χ3n) is 2.78. The molecular formula is C11H17N3O2. The van der Waals surface area contributed by atoms with Crippen molar-refractivity contribution < 1.29 is 9.53 Å². The Kier molecular flexibility index (Phi) is 4.47. The highest BCUT2D eigenvalue weighted by Crippen LogP contribution is 2.22. The van der Waals surface area contributed by atoms with E-state index in [1.807, 2.05) is 6.92 Å². The van der Waals surface area contributed by atoms with Crippen LogP contribution in [0.2, 0.25) is 0 Å². The van der Waals surface area contributed by atoms with Crippen molar-refractivity contribution in [3.8, 4) is 6.07 Å². The Morgan fingerprint density at radius 3 is 2.75 bits per heavy atom. The number of carbonyl (C=O) groups is 1. The molecule has 0 aromatic carbocycles. The predicted octanol–water partition coefficient (Wildman–Crippen LogP) is 0.0325. The molecule has 1 rings (SSSR count). The van der Waals surface area contributed by atoms with Crippen LogP contribution in [0.5, 0.6) is 0 Å². The highest BCUT2D eigenvalue weighted by atomic mass is 16.5. The van der Waals surface area contributed by atoms with Gasteiger partial charge in [-0.1, -0.05) is 6.08 Å². The Labute approximate surface area is 95.5 Å². The van der Waals surface area contributed by atoms with Gasteiger partial charge in [-0.2, -0.15) is 5.26 Å². The lowest BCUT2D eigenvalue weighted by Gasteiger charge is -2.40. The lowest BCUT2D eigenvalue weighted by Crippen LogP contribution is -2.50. The summed E-state index contributed by atoms with van der Waals surface area (Å²) in [5.41, 5.74) is 4.64. The number of rotatable bonds is 4. The molecule has 1 heterocycles. The Morgan fingerprint density at radius 2 is 2.25 bits per heavy atom. The van der Waals surface area contributed by atoms with Crippen LogP contribution in [0.15, 0.2) is 12.2 Å². The van der Waals surface area contributed by atoms with Gasteiger partial charge < -0.3 is 10.5 Å². The first-order chi connectivity index (χ1) is 7.58. The first kappa shape index (κ1) is 12.7. The summed E-state index contributed by atoms with van der Waals surface area (Å²) in [5, 5.41) is 8.84. The van der Waals surface area contributed by atoms with E-state index in [9.17, 15) is 4.79 Å². The second kappa shape index (κ2) is 5.64. The second-order valence-corrected chi connectivity index (χ2v) is 4.03. The van der Waals surface area contributed by atoms with Crippen LogP contribution in [0.25, 0.3) is 0 Å². The van der Waals surface area contributed by atoms with Crippen molar-refractivity contribution in [2.75, 3.05) is 26.3 Å². The molecule has 1 aliphatic heterocycles. The minimum Gasteiger partial charge on any atom is -0.379 e. The molecule has 16 heavy (non-hydrogen) atoms. The first-order valence-electron chi connectivity index (χ1n) is 5.27. The second-order valence-electron chi connectivity index (χ2n) is 4.03. The van der Waals surface area contributed by atoms with Crippen LogP contribution in [0.1, 0.15) is 13.3 Å². The minimum atomic E-state index is -0.488. The zero-order valence-electron chi connectivity index (χ0n) is 9.48. The van der Waals surface area contributed by atoms with Crippen LogP contribution >= 0.6 is 0 Å². The summed E-state index contributed by atoms with van der Waals surface area (Å²) in [4.78, 5) is 12.9. The molecule has 88 valence electrons. The van der Waals surface area contributed by atoms with Crippen LogP contribution < -0.4 is 5.73 Å². The molecule has 0 aromatic heterocycles. The van der Waals surface area contributed by atoms with E-state index in [1.165, 1.54) is 6.08 Å². The van der Waals surface area contributed by atoms with Gasteiger partial charge in [0, 0.05) is 24.7 Å². The number of primary amides is 1. The Bertz CT molecular complexity index is 316. The summed E-state index contributed by atoms with van der Waals surface area (Å²) < 4.78 is 5.26. The summed E-state index contributed by atoms with van der Waals surface area (Å²) in [7, 11) is 0. The maximum Gasteiger partial charge on any atom is 0.241 e. The summed E-state index contributed by atoms with van der Waals surface area (Å²) in [6.45, 7) is 4.78. The molecule has 1 saturated heterocycles. The van der Waals surface area contributed by atoms with E-state index in [4.69, 9.17) is 15.7 Å². The van der Waals surface area contributed by atoms with Gasteiger partial charge >= 0.3 is 0 Å². The predicted molar refractivity (Wildman–Crippen MR) is 59.4 cm³/mol. The molecule has 1 unspecified atom stereocenters.